The van der Waals surface area contributed by atoms with Gasteiger partial charge in [0, 0.05) is 29.4 Å². The minimum Gasteiger partial charge on any atom is -0.391 e. The molecule has 0 aromatic rings. The van der Waals surface area contributed by atoms with E-state index in [1.54, 1.807) is 0 Å². The number of aliphatic hydroxyl groups is 1. The summed E-state index contributed by atoms with van der Waals surface area (Å²) in [6.07, 6.45) is 0.277. The largest absolute Gasteiger partial charge is 0.391 e. The third-order valence-electron chi connectivity index (χ3n) is 3.67. The van der Waals surface area contributed by atoms with Crippen molar-refractivity contribution in [2.45, 2.75) is 50.9 Å². The lowest BCUT2D eigenvalue weighted by molar-refractivity contribution is -0.135. The predicted octanol–water partition coefficient (Wildman–Crippen LogP) is -1.72. The van der Waals surface area contributed by atoms with E-state index in [9.17, 15) is 24.3 Å². The van der Waals surface area contributed by atoms with Crippen molar-refractivity contribution in [1.29, 1.82) is 0 Å². The summed E-state index contributed by atoms with van der Waals surface area (Å²) in [5, 5.41) is 17.2. The maximum atomic E-state index is 12.5. The average Bonchev–Trinajstić information content (AvgIpc) is 2.61. The first-order valence-corrected chi connectivity index (χ1v) is 9.51. The topological polar surface area (TPSA) is 163 Å². The first-order valence-electron chi connectivity index (χ1n) is 8.43. The zero-order valence-electron chi connectivity index (χ0n) is 15.5. The van der Waals surface area contributed by atoms with Crippen molar-refractivity contribution in [2.75, 3.05) is 13.1 Å². The number of nitrogens with one attached hydrogen (secondary N) is 4. The Morgan fingerprint density at radius 2 is 1.74 bits per heavy atom. The van der Waals surface area contributed by atoms with Crippen molar-refractivity contribution in [3.05, 3.63) is 12.7 Å². The van der Waals surface area contributed by atoms with Gasteiger partial charge in [-0.3, -0.25) is 22.7 Å². The van der Waals surface area contributed by atoms with Crippen molar-refractivity contribution < 1.29 is 24.3 Å². The van der Waals surface area contributed by atoms with E-state index in [0.717, 1.165) is 6.08 Å². The predicted molar refractivity (Wildman–Crippen MR) is 109 cm³/mol. The fourth-order valence-corrected chi connectivity index (χ4v) is 2.47. The molecule has 27 heavy (non-hydrogen) atoms. The molecule has 0 rings (SSSR count). The highest BCUT2D eigenvalue weighted by Crippen LogP contribution is 2.01. The Morgan fingerprint density at radius 1 is 1.11 bits per heavy atom. The number of carbonyl (C=O) groups excluding carboxylic acids is 4. The molecule has 0 aromatic heterocycles. The van der Waals surface area contributed by atoms with Crippen LogP contribution < -0.4 is 25.2 Å². The van der Waals surface area contributed by atoms with Crippen LogP contribution in [0.4, 0.5) is 0 Å². The van der Waals surface area contributed by atoms with Gasteiger partial charge in [-0.15, -0.1) is 0 Å². The molecule has 11 heteroatoms. The zero-order chi connectivity index (χ0) is 21.0. The molecule has 3 amide bonds. The molecule has 0 aromatic carbocycles. The van der Waals surface area contributed by atoms with Gasteiger partial charge in [-0.2, -0.15) is 0 Å². The fourth-order valence-electron chi connectivity index (χ4n) is 2.16. The number of hydrogen-bond acceptors (Lipinski definition) is 7. The summed E-state index contributed by atoms with van der Waals surface area (Å²) < 4.78 is 2.85. The second kappa shape index (κ2) is 13.6. The normalized spacial score (nSPS) is 15.0. The monoisotopic (exact) mass is 497 g/mol. The van der Waals surface area contributed by atoms with Crippen molar-refractivity contribution in [3.8, 4) is 0 Å². The van der Waals surface area contributed by atoms with E-state index in [1.807, 2.05) is 22.9 Å². The van der Waals surface area contributed by atoms with E-state index in [4.69, 9.17) is 5.73 Å². The van der Waals surface area contributed by atoms with Gasteiger partial charge in [0.2, 0.25) is 17.7 Å². The molecular formula is C16H28IN5O5. The molecule has 4 atom stereocenters. The number of amides is 3. The molecule has 154 valence electrons. The second-order valence-electron chi connectivity index (χ2n) is 5.91. The molecule has 0 radical (unpaired) electrons. The van der Waals surface area contributed by atoms with Crippen molar-refractivity contribution in [2.24, 2.45) is 5.73 Å². The molecule has 4 unspecified atom stereocenters. The van der Waals surface area contributed by atoms with Crippen LogP contribution in [0, 0.1) is 0 Å². The van der Waals surface area contributed by atoms with Crippen LogP contribution in [0.2, 0.25) is 0 Å². The number of carbonyl (C=O) groups is 4. The summed E-state index contributed by atoms with van der Waals surface area (Å²) >= 11 is 1.92. The van der Waals surface area contributed by atoms with Gasteiger partial charge in [-0.05, 0) is 39.3 Å². The molecule has 0 aliphatic rings. The molecule has 0 fully saturated rings. The quantitative estimate of drug-likeness (QED) is 0.100. The number of nitrogens with two attached hydrogens (primary N) is 1. The first kappa shape index (κ1) is 25.4. The van der Waals surface area contributed by atoms with Crippen LogP contribution in [0.25, 0.3) is 0 Å². The van der Waals surface area contributed by atoms with Crippen LogP contribution in [-0.2, 0) is 19.2 Å². The number of halogens is 1. The van der Waals surface area contributed by atoms with Gasteiger partial charge in [-0.25, -0.2) is 0 Å². The van der Waals surface area contributed by atoms with E-state index in [-0.39, 0.29) is 18.7 Å². The van der Waals surface area contributed by atoms with Crippen LogP contribution >= 0.6 is 22.9 Å². The average molecular weight is 497 g/mol. The summed E-state index contributed by atoms with van der Waals surface area (Å²) in [7, 11) is 0. The zero-order valence-corrected chi connectivity index (χ0v) is 17.6. The molecule has 0 saturated carbocycles. The molecule has 0 spiro atoms. The van der Waals surface area contributed by atoms with Gasteiger partial charge >= 0.3 is 0 Å². The number of aliphatic hydroxyl groups excluding tert-OH is 1. The number of hydrogen-bond donors (Lipinski definition) is 6. The first-order chi connectivity index (χ1) is 12.7. The van der Waals surface area contributed by atoms with E-state index >= 15 is 0 Å². The standard InChI is InChI=1S/C16H28IN5O5/c1-4-13(25)20-12(5-7-18)15(26)22-14(10(3)24)16(27)21-11(9(2)23)6-8-19-17/h4,10-12,14,19,24H,1,5-8,18H2,2-3H3,(H,20,25)(H,21,27)(H,22,26). The Bertz CT molecular complexity index is 543. The fraction of sp³-hybridized carbons (Fsp3) is 0.625. The van der Waals surface area contributed by atoms with Gasteiger partial charge < -0.3 is 26.8 Å². The second-order valence-corrected chi connectivity index (χ2v) is 6.68. The van der Waals surface area contributed by atoms with Crippen molar-refractivity contribution >= 4 is 46.4 Å². The highest BCUT2D eigenvalue weighted by atomic mass is 127. The van der Waals surface area contributed by atoms with Crippen LogP contribution in [0.3, 0.4) is 0 Å². The number of Topliss-reactive ketones (excluding diaryl/α,β-unsaturated/α-hetero) is 1. The van der Waals surface area contributed by atoms with Crippen LogP contribution in [0.1, 0.15) is 26.7 Å². The minimum absolute atomic E-state index is 0.122. The molecule has 7 N–H and O–H groups in total. The molecular weight excluding hydrogens is 469 g/mol. The summed E-state index contributed by atoms with van der Waals surface area (Å²) in [4.78, 5) is 48.0. The molecule has 0 heterocycles. The summed E-state index contributed by atoms with van der Waals surface area (Å²) in [5.41, 5.74) is 5.45. The minimum atomic E-state index is -1.30. The SMILES string of the molecule is C=CC(=O)NC(CCN)C(=O)NC(C(=O)NC(CCNI)C(C)=O)C(C)O. The van der Waals surface area contributed by atoms with Crippen LogP contribution in [0.15, 0.2) is 12.7 Å². The lowest BCUT2D eigenvalue weighted by Crippen LogP contribution is -2.59. The van der Waals surface area contributed by atoms with Crippen LogP contribution in [0.5, 0.6) is 0 Å². The molecule has 0 aliphatic heterocycles. The van der Waals surface area contributed by atoms with E-state index in [0.29, 0.717) is 13.0 Å². The molecule has 10 nitrogen and oxygen atoms in total. The van der Waals surface area contributed by atoms with Gasteiger partial charge in [0.05, 0.1) is 12.1 Å². The Labute approximate surface area is 172 Å². The van der Waals surface area contributed by atoms with E-state index in [1.165, 1.54) is 13.8 Å². The molecule has 0 bridgehead atoms. The highest BCUT2D eigenvalue weighted by molar-refractivity contribution is 14.1. The van der Waals surface area contributed by atoms with Crippen LogP contribution in [-0.4, -0.2) is 65.9 Å². The maximum absolute atomic E-state index is 12.5. The summed E-state index contributed by atoms with van der Waals surface area (Å²) in [5.74, 6) is -2.19. The third kappa shape index (κ3) is 9.79. The smallest absolute Gasteiger partial charge is 0.245 e. The Morgan fingerprint density at radius 3 is 2.19 bits per heavy atom. The molecule has 0 aliphatic carbocycles. The van der Waals surface area contributed by atoms with Crippen molar-refractivity contribution in [3.63, 3.8) is 0 Å². The van der Waals surface area contributed by atoms with Crippen molar-refractivity contribution in [1.82, 2.24) is 19.5 Å². The van der Waals surface area contributed by atoms with Gasteiger partial charge in [0.1, 0.15) is 12.1 Å². The Hall–Kier alpha value is -1.57. The maximum Gasteiger partial charge on any atom is 0.245 e. The lowest BCUT2D eigenvalue weighted by Gasteiger charge is -2.26. The number of rotatable bonds is 13. The Kier molecular flexibility index (Phi) is 12.8. The van der Waals surface area contributed by atoms with Gasteiger partial charge in [0.25, 0.3) is 0 Å². The Balaban J connectivity index is 5.14. The van der Waals surface area contributed by atoms with Gasteiger partial charge in [-0.1, -0.05) is 6.58 Å². The lowest BCUT2D eigenvalue weighted by atomic mass is 10.1. The highest BCUT2D eigenvalue weighted by Gasteiger charge is 2.31. The van der Waals surface area contributed by atoms with E-state index in [2.05, 4.69) is 26.1 Å². The molecule has 0 saturated heterocycles. The summed E-state index contributed by atoms with van der Waals surface area (Å²) in [6, 6.07) is -3.03. The van der Waals surface area contributed by atoms with Gasteiger partial charge in [0.15, 0.2) is 5.78 Å². The number of ketones is 1. The van der Waals surface area contributed by atoms with E-state index < -0.39 is 42.0 Å². The summed E-state index contributed by atoms with van der Waals surface area (Å²) in [6.45, 7) is 6.60. The third-order valence-corrected chi connectivity index (χ3v) is 4.21.